The fourth-order valence-electron chi connectivity index (χ4n) is 2.17. The summed E-state index contributed by atoms with van der Waals surface area (Å²) in [5, 5.41) is 0. The number of aryl methyl sites for hydroxylation is 2. The molecule has 4 heteroatoms. The predicted octanol–water partition coefficient (Wildman–Crippen LogP) is 4.09. The van der Waals surface area contributed by atoms with E-state index in [-0.39, 0.29) is 17.8 Å². The molecule has 0 unspecified atom stereocenters. The van der Waals surface area contributed by atoms with E-state index >= 15 is 0 Å². The molecule has 0 saturated carbocycles. The highest BCUT2D eigenvalue weighted by Crippen LogP contribution is 2.17. The number of benzene rings is 1. The maximum absolute atomic E-state index is 13.3. The van der Waals surface area contributed by atoms with Crippen LogP contribution in [0.2, 0.25) is 0 Å². The highest BCUT2D eigenvalue weighted by Gasteiger charge is 2.20. The number of halogens is 1. The molecule has 2 rings (SSSR count). The van der Waals surface area contributed by atoms with Gasteiger partial charge in [-0.1, -0.05) is 0 Å². The van der Waals surface area contributed by atoms with Gasteiger partial charge in [-0.3, -0.25) is 4.79 Å². The Labute approximate surface area is 124 Å². The Morgan fingerprint density at radius 1 is 1.24 bits per heavy atom. The molecule has 21 heavy (non-hydrogen) atoms. The molecule has 2 aromatic rings. The van der Waals surface area contributed by atoms with E-state index < -0.39 is 0 Å². The zero-order valence-electron chi connectivity index (χ0n) is 12.8. The van der Waals surface area contributed by atoms with E-state index in [1.807, 2.05) is 32.9 Å². The first-order valence-corrected chi connectivity index (χ1v) is 7.01. The minimum absolute atomic E-state index is 0.0215. The topological polar surface area (TPSA) is 33.5 Å². The molecule has 1 amide bonds. The summed E-state index contributed by atoms with van der Waals surface area (Å²) in [5.74, 6) is 1.14. The van der Waals surface area contributed by atoms with E-state index in [1.165, 1.54) is 12.1 Å². The zero-order valence-corrected chi connectivity index (χ0v) is 12.8. The molecule has 3 nitrogen and oxygen atoms in total. The molecule has 0 saturated heterocycles. The van der Waals surface area contributed by atoms with Gasteiger partial charge >= 0.3 is 0 Å². The lowest BCUT2D eigenvalue weighted by Gasteiger charge is -2.26. The smallest absolute Gasteiger partial charge is 0.254 e. The Morgan fingerprint density at radius 3 is 2.48 bits per heavy atom. The van der Waals surface area contributed by atoms with E-state index in [0.29, 0.717) is 17.7 Å². The fraction of sp³-hybridized carbons (Fsp3) is 0.353. The van der Waals surface area contributed by atoms with Crippen molar-refractivity contribution in [2.24, 2.45) is 0 Å². The van der Waals surface area contributed by atoms with Crippen molar-refractivity contribution < 1.29 is 13.6 Å². The Bertz CT molecular complexity index is 646. The van der Waals surface area contributed by atoms with Crippen LogP contribution >= 0.6 is 0 Å². The van der Waals surface area contributed by atoms with Crippen LogP contribution in [0.5, 0.6) is 0 Å². The second-order valence-corrected chi connectivity index (χ2v) is 5.50. The molecule has 1 aromatic heterocycles. The minimum atomic E-state index is -0.302. The van der Waals surface area contributed by atoms with Gasteiger partial charge in [0.15, 0.2) is 0 Å². The van der Waals surface area contributed by atoms with Gasteiger partial charge in [-0.15, -0.1) is 0 Å². The Hall–Kier alpha value is -2.10. The molecule has 0 N–H and O–H groups in total. The fourth-order valence-corrected chi connectivity index (χ4v) is 2.17. The standard InChI is InChI=1S/C17H20FNO2/c1-11(2)19(10-15-7-5-13(4)21-15)17(20)14-6-8-16(18)12(3)9-14/h5-9,11H,10H2,1-4H3. The van der Waals surface area contributed by atoms with Crippen molar-refractivity contribution in [3.8, 4) is 0 Å². The lowest BCUT2D eigenvalue weighted by atomic mass is 10.1. The summed E-state index contributed by atoms with van der Waals surface area (Å²) in [6.45, 7) is 7.82. The van der Waals surface area contributed by atoms with Crippen molar-refractivity contribution in [2.75, 3.05) is 0 Å². The zero-order chi connectivity index (χ0) is 15.6. The highest BCUT2D eigenvalue weighted by molar-refractivity contribution is 5.94. The number of carbonyl (C=O) groups is 1. The normalized spacial score (nSPS) is 11.0. The van der Waals surface area contributed by atoms with E-state index in [9.17, 15) is 9.18 Å². The Balaban J connectivity index is 2.24. The van der Waals surface area contributed by atoms with Crippen LogP contribution in [0.25, 0.3) is 0 Å². The van der Waals surface area contributed by atoms with Gasteiger partial charge < -0.3 is 9.32 Å². The van der Waals surface area contributed by atoms with Crippen LogP contribution in [0, 0.1) is 19.7 Å². The summed E-state index contributed by atoms with van der Waals surface area (Å²) >= 11 is 0. The van der Waals surface area contributed by atoms with Crippen LogP contribution in [0.15, 0.2) is 34.7 Å². The van der Waals surface area contributed by atoms with Crippen molar-refractivity contribution in [3.05, 3.63) is 58.8 Å². The number of hydrogen-bond acceptors (Lipinski definition) is 2. The molecule has 1 heterocycles. The van der Waals surface area contributed by atoms with E-state index in [1.54, 1.807) is 17.9 Å². The Kier molecular flexibility index (Phi) is 4.46. The van der Waals surface area contributed by atoms with Gasteiger partial charge in [-0.2, -0.15) is 0 Å². The summed E-state index contributed by atoms with van der Waals surface area (Å²) in [7, 11) is 0. The molecular formula is C17H20FNO2. The first-order chi connectivity index (χ1) is 9.88. The maximum Gasteiger partial charge on any atom is 0.254 e. The average molecular weight is 289 g/mol. The second-order valence-electron chi connectivity index (χ2n) is 5.50. The molecule has 1 aromatic carbocycles. The highest BCUT2D eigenvalue weighted by atomic mass is 19.1. The third-order valence-electron chi connectivity index (χ3n) is 3.41. The third-order valence-corrected chi connectivity index (χ3v) is 3.41. The number of hydrogen-bond donors (Lipinski definition) is 0. The van der Waals surface area contributed by atoms with Gasteiger partial charge in [0.05, 0.1) is 6.54 Å². The minimum Gasteiger partial charge on any atom is -0.464 e. The molecule has 112 valence electrons. The van der Waals surface area contributed by atoms with Crippen molar-refractivity contribution in [1.29, 1.82) is 0 Å². The summed E-state index contributed by atoms with van der Waals surface area (Å²) in [5.41, 5.74) is 0.962. The monoisotopic (exact) mass is 289 g/mol. The molecule has 0 bridgehead atoms. The van der Waals surface area contributed by atoms with Crippen LogP contribution < -0.4 is 0 Å². The van der Waals surface area contributed by atoms with E-state index in [2.05, 4.69) is 0 Å². The van der Waals surface area contributed by atoms with Crippen LogP contribution in [-0.2, 0) is 6.54 Å². The van der Waals surface area contributed by atoms with Crippen molar-refractivity contribution in [1.82, 2.24) is 4.90 Å². The summed E-state index contributed by atoms with van der Waals surface area (Å²) in [4.78, 5) is 14.3. The molecule has 0 aliphatic heterocycles. The second kappa shape index (κ2) is 6.12. The first kappa shape index (κ1) is 15.3. The molecule has 0 fully saturated rings. The van der Waals surface area contributed by atoms with Gasteiger partial charge in [0.1, 0.15) is 17.3 Å². The SMILES string of the molecule is Cc1ccc(CN(C(=O)c2ccc(F)c(C)c2)C(C)C)o1. The number of carbonyl (C=O) groups excluding carboxylic acids is 1. The van der Waals surface area contributed by atoms with Gasteiger partial charge in [0, 0.05) is 11.6 Å². The first-order valence-electron chi connectivity index (χ1n) is 7.01. The van der Waals surface area contributed by atoms with Gasteiger partial charge in [-0.05, 0) is 63.6 Å². The molecule has 0 atom stereocenters. The van der Waals surface area contributed by atoms with Gasteiger partial charge in [-0.25, -0.2) is 4.39 Å². The number of rotatable bonds is 4. The summed E-state index contributed by atoms with van der Waals surface area (Å²) < 4.78 is 18.9. The number of furan rings is 1. The lowest BCUT2D eigenvalue weighted by Crippen LogP contribution is -2.36. The molecule has 0 aliphatic rings. The van der Waals surface area contributed by atoms with Crippen LogP contribution in [0.1, 0.15) is 41.3 Å². The largest absolute Gasteiger partial charge is 0.464 e. The van der Waals surface area contributed by atoms with Crippen molar-refractivity contribution >= 4 is 5.91 Å². The summed E-state index contributed by atoms with van der Waals surface area (Å²) in [6, 6.07) is 8.20. The van der Waals surface area contributed by atoms with Crippen LogP contribution in [-0.4, -0.2) is 16.8 Å². The predicted molar refractivity (Wildman–Crippen MR) is 79.6 cm³/mol. The molecule has 0 aliphatic carbocycles. The van der Waals surface area contributed by atoms with Crippen LogP contribution in [0.4, 0.5) is 4.39 Å². The number of nitrogens with zero attached hydrogens (tertiary/aromatic N) is 1. The van der Waals surface area contributed by atoms with Gasteiger partial charge in [0.25, 0.3) is 5.91 Å². The van der Waals surface area contributed by atoms with Gasteiger partial charge in [0.2, 0.25) is 0 Å². The van der Waals surface area contributed by atoms with E-state index in [0.717, 1.165) is 11.5 Å². The quantitative estimate of drug-likeness (QED) is 0.849. The van der Waals surface area contributed by atoms with Crippen molar-refractivity contribution in [3.63, 3.8) is 0 Å². The Morgan fingerprint density at radius 2 is 1.95 bits per heavy atom. The molecule has 0 spiro atoms. The molecular weight excluding hydrogens is 269 g/mol. The summed E-state index contributed by atoms with van der Waals surface area (Å²) in [6.07, 6.45) is 0. The average Bonchev–Trinajstić information content (AvgIpc) is 2.83. The van der Waals surface area contributed by atoms with Crippen LogP contribution in [0.3, 0.4) is 0 Å². The lowest BCUT2D eigenvalue weighted by molar-refractivity contribution is 0.0675. The molecule has 0 radical (unpaired) electrons. The maximum atomic E-state index is 13.3. The van der Waals surface area contributed by atoms with E-state index in [4.69, 9.17) is 4.42 Å². The number of amides is 1. The third kappa shape index (κ3) is 3.51. The van der Waals surface area contributed by atoms with Crippen molar-refractivity contribution in [2.45, 2.75) is 40.3 Å².